The van der Waals surface area contributed by atoms with Gasteiger partial charge in [0.05, 0.1) is 7.11 Å². The average molecular weight is 288 g/mol. The van der Waals surface area contributed by atoms with Crippen LogP contribution in [-0.4, -0.2) is 42.0 Å². The van der Waals surface area contributed by atoms with Crippen molar-refractivity contribution in [3.05, 3.63) is 35.4 Å². The van der Waals surface area contributed by atoms with Gasteiger partial charge >= 0.3 is 5.97 Å². The van der Waals surface area contributed by atoms with E-state index in [1.54, 1.807) is 11.8 Å². The molecule has 2 aliphatic rings. The van der Waals surface area contributed by atoms with Gasteiger partial charge in [-0.15, -0.1) is 0 Å². The molecular formula is C16H20N2O3. The van der Waals surface area contributed by atoms with Gasteiger partial charge in [-0.25, -0.2) is 4.79 Å². The third-order valence-corrected chi connectivity index (χ3v) is 4.69. The van der Waals surface area contributed by atoms with E-state index in [2.05, 4.69) is 17.4 Å². The summed E-state index contributed by atoms with van der Waals surface area (Å²) in [4.78, 5) is 26.1. The Balaban J connectivity index is 1.83. The van der Waals surface area contributed by atoms with Gasteiger partial charge < -0.3 is 9.64 Å². The summed E-state index contributed by atoms with van der Waals surface area (Å²) in [5.74, 6) is -0.355. The van der Waals surface area contributed by atoms with E-state index in [1.165, 1.54) is 18.2 Å². The van der Waals surface area contributed by atoms with Crippen molar-refractivity contribution in [1.82, 2.24) is 10.2 Å². The molecule has 1 fully saturated rings. The van der Waals surface area contributed by atoms with E-state index in [0.29, 0.717) is 19.5 Å². The quantitative estimate of drug-likeness (QED) is 0.820. The number of rotatable bonds is 2. The van der Waals surface area contributed by atoms with Gasteiger partial charge in [-0.2, -0.15) is 0 Å². The van der Waals surface area contributed by atoms with Crippen molar-refractivity contribution in [2.24, 2.45) is 0 Å². The molecule has 5 heteroatoms. The molecule has 1 amide bonds. The van der Waals surface area contributed by atoms with E-state index in [4.69, 9.17) is 4.74 Å². The van der Waals surface area contributed by atoms with E-state index in [0.717, 1.165) is 6.42 Å². The SMILES string of the molecule is COC(=O)[C@H](C)N1CC[C@@]2(Cc3ccccc3CN2)C1=O. The number of nitrogens with one attached hydrogen (secondary N) is 1. The van der Waals surface area contributed by atoms with Gasteiger partial charge in [-0.05, 0) is 30.9 Å². The molecular weight excluding hydrogens is 268 g/mol. The molecule has 1 aromatic carbocycles. The van der Waals surface area contributed by atoms with Crippen LogP contribution in [-0.2, 0) is 27.3 Å². The zero-order chi connectivity index (χ0) is 15.0. The van der Waals surface area contributed by atoms with Crippen LogP contribution < -0.4 is 5.32 Å². The fourth-order valence-electron chi connectivity index (χ4n) is 3.34. The standard InChI is InChI=1S/C16H20N2O3/c1-11(14(19)21-2)18-8-7-16(15(18)20)9-12-5-3-4-6-13(12)10-17-16/h3-6,11,17H,7-10H2,1-2H3/t11-,16+/m0/s1. The molecule has 0 aliphatic carbocycles. The lowest BCUT2D eigenvalue weighted by atomic mass is 9.83. The lowest BCUT2D eigenvalue weighted by molar-refractivity contribution is -0.151. The first-order chi connectivity index (χ1) is 10.1. The van der Waals surface area contributed by atoms with Gasteiger partial charge in [0.2, 0.25) is 5.91 Å². The highest BCUT2D eigenvalue weighted by Gasteiger charge is 2.50. The lowest BCUT2D eigenvalue weighted by Crippen LogP contribution is -2.56. The third-order valence-electron chi connectivity index (χ3n) is 4.69. The number of amides is 1. The van der Waals surface area contributed by atoms with Crippen LogP contribution in [0, 0.1) is 0 Å². The molecule has 1 spiro atoms. The lowest BCUT2D eigenvalue weighted by Gasteiger charge is -2.35. The van der Waals surface area contributed by atoms with Gasteiger partial charge in [0.25, 0.3) is 0 Å². The molecule has 0 aromatic heterocycles. The number of methoxy groups -OCH3 is 1. The predicted octanol–water partition coefficient (Wildman–Crippen LogP) is 0.865. The number of carbonyl (C=O) groups excluding carboxylic acids is 2. The first-order valence-electron chi connectivity index (χ1n) is 7.28. The minimum absolute atomic E-state index is 0.00917. The van der Waals surface area contributed by atoms with Gasteiger partial charge in [0.1, 0.15) is 11.6 Å². The Bertz CT molecular complexity index is 587. The van der Waals surface area contributed by atoms with Crippen molar-refractivity contribution >= 4 is 11.9 Å². The van der Waals surface area contributed by atoms with Crippen molar-refractivity contribution in [1.29, 1.82) is 0 Å². The van der Waals surface area contributed by atoms with E-state index in [1.807, 2.05) is 12.1 Å². The second-order valence-electron chi connectivity index (χ2n) is 5.83. The van der Waals surface area contributed by atoms with Crippen molar-refractivity contribution in [3.8, 4) is 0 Å². The van der Waals surface area contributed by atoms with Gasteiger partial charge in [0.15, 0.2) is 0 Å². The second kappa shape index (κ2) is 5.15. The zero-order valence-corrected chi connectivity index (χ0v) is 12.4. The Morgan fingerprint density at radius 3 is 2.81 bits per heavy atom. The number of hydrogen-bond acceptors (Lipinski definition) is 4. The summed E-state index contributed by atoms with van der Waals surface area (Å²) in [6.45, 7) is 3.01. The Morgan fingerprint density at radius 2 is 2.10 bits per heavy atom. The molecule has 0 unspecified atom stereocenters. The maximum Gasteiger partial charge on any atom is 0.328 e. The summed E-state index contributed by atoms with van der Waals surface area (Å²) in [5.41, 5.74) is 1.91. The highest BCUT2D eigenvalue weighted by atomic mass is 16.5. The Hall–Kier alpha value is -1.88. The van der Waals surface area contributed by atoms with Gasteiger partial charge in [-0.1, -0.05) is 24.3 Å². The molecule has 0 bridgehead atoms. The van der Waals surface area contributed by atoms with Crippen LogP contribution in [0.15, 0.2) is 24.3 Å². The first kappa shape index (κ1) is 14.1. The molecule has 0 saturated carbocycles. The number of nitrogens with zero attached hydrogens (tertiary/aromatic N) is 1. The minimum atomic E-state index is -0.559. The van der Waals surface area contributed by atoms with Crippen LogP contribution in [0.5, 0.6) is 0 Å². The summed E-state index contributed by atoms with van der Waals surface area (Å²) >= 11 is 0. The van der Waals surface area contributed by atoms with E-state index < -0.39 is 11.6 Å². The fraction of sp³-hybridized carbons (Fsp3) is 0.500. The van der Waals surface area contributed by atoms with Crippen molar-refractivity contribution < 1.29 is 14.3 Å². The van der Waals surface area contributed by atoms with Crippen LogP contribution >= 0.6 is 0 Å². The Kier molecular flexibility index (Phi) is 3.45. The highest BCUT2D eigenvalue weighted by Crippen LogP contribution is 2.33. The Morgan fingerprint density at radius 1 is 1.38 bits per heavy atom. The van der Waals surface area contributed by atoms with Crippen LogP contribution in [0.3, 0.4) is 0 Å². The van der Waals surface area contributed by atoms with E-state index in [-0.39, 0.29) is 11.9 Å². The number of carbonyl (C=O) groups is 2. The van der Waals surface area contributed by atoms with Crippen molar-refractivity contribution in [3.63, 3.8) is 0 Å². The second-order valence-corrected chi connectivity index (χ2v) is 5.83. The molecule has 2 atom stereocenters. The molecule has 0 radical (unpaired) electrons. The molecule has 2 aliphatic heterocycles. The molecule has 5 nitrogen and oxygen atoms in total. The molecule has 1 saturated heterocycles. The van der Waals surface area contributed by atoms with Crippen LogP contribution in [0.4, 0.5) is 0 Å². The fourth-order valence-corrected chi connectivity index (χ4v) is 3.34. The number of esters is 1. The first-order valence-corrected chi connectivity index (χ1v) is 7.28. The molecule has 2 heterocycles. The largest absolute Gasteiger partial charge is 0.467 e. The monoisotopic (exact) mass is 288 g/mol. The number of benzene rings is 1. The summed E-state index contributed by atoms with van der Waals surface area (Å²) in [7, 11) is 1.35. The normalized spacial score (nSPS) is 25.8. The third kappa shape index (κ3) is 2.21. The van der Waals surface area contributed by atoms with Crippen LogP contribution in [0.1, 0.15) is 24.5 Å². The van der Waals surface area contributed by atoms with Crippen LogP contribution in [0.2, 0.25) is 0 Å². The summed E-state index contributed by atoms with van der Waals surface area (Å²) in [5, 5.41) is 3.40. The molecule has 112 valence electrons. The zero-order valence-electron chi connectivity index (χ0n) is 12.4. The highest BCUT2D eigenvalue weighted by molar-refractivity contribution is 5.93. The number of likely N-dealkylation sites (tertiary alicyclic amines) is 1. The maximum absolute atomic E-state index is 12.8. The minimum Gasteiger partial charge on any atom is -0.467 e. The van der Waals surface area contributed by atoms with Gasteiger partial charge in [-0.3, -0.25) is 10.1 Å². The topological polar surface area (TPSA) is 58.6 Å². The number of fused-ring (bicyclic) bond motifs is 1. The van der Waals surface area contributed by atoms with Gasteiger partial charge in [0, 0.05) is 13.1 Å². The number of ether oxygens (including phenoxy) is 1. The molecule has 21 heavy (non-hydrogen) atoms. The molecule has 1 aromatic rings. The van der Waals surface area contributed by atoms with E-state index in [9.17, 15) is 9.59 Å². The van der Waals surface area contributed by atoms with Crippen molar-refractivity contribution in [2.75, 3.05) is 13.7 Å². The molecule has 1 N–H and O–H groups in total. The summed E-state index contributed by atoms with van der Waals surface area (Å²) in [6, 6.07) is 7.66. The smallest absolute Gasteiger partial charge is 0.328 e. The predicted molar refractivity (Wildman–Crippen MR) is 77.5 cm³/mol. The maximum atomic E-state index is 12.8. The number of hydrogen-bond donors (Lipinski definition) is 1. The molecule has 3 rings (SSSR count). The summed E-state index contributed by atoms with van der Waals surface area (Å²) in [6.07, 6.45) is 1.41. The average Bonchev–Trinajstić information content (AvgIpc) is 2.82. The van der Waals surface area contributed by atoms with E-state index >= 15 is 0 Å². The Labute approximate surface area is 124 Å². The van der Waals surface area contributed by atoms with Crippen molar-refractivity contribution in [2.45, 2.75) is 37.9 Å². The van der Waals surface area contributed by atoms with Crippen LogP contribution in [0.25, 0.3) is 0 Å². The summed E-state index contributed by atoms with van der Waals surface area (Å²) < 4.78 is 4.75.